The average molecular weight is 311 g/mol. The average Bonchev–Trinajstić information content (AvgIpc) is 3.01. The molecule has 0 spiro atoms. The molecular formula is C21H15N2O+. The highest BCUT2D eigenvalue weighted by atomic mass is 16.5. The van der Waals surface area contributed by atoms with Crippen molar-refractivity contribution in [3.8, 4) is 23.8 Å². The Morgan fingerprint density at radius 2 is 1.75 bits per heavy atom. The van der Waals surface area contributed by atoms with Gasteiger partial charge in [0.05, 0.1) is 12.0 Å². The molecule has 24 heavy (non-hydrogen) atoms. The largest absolute Gasteiger partial charge is 0.453 e. The highest BCUT2D eigenvalue weighted by Crippen LogP contribution is 2.36. The number of aromatic nitrogens is 1. The standard InChI is InChI=1S/C21H15N2O/c1-2-17-15-16-9-8-14-22-21(16)23(17)19-12-6-7-13-20(19)24-18-10-4-3-5-11-18/h1,3-14H,15H2/q+1. The Kier molecular flexibility index (Phi) is 3.57. The fourth-order valence-corrected chi connectivity index (χ4v) is 2.88. The first-order chi connectivity index (χ1) is 11.9. The van der Waals surface area contributed by atoms with E-state index < -0.39 is 0 Å². The summed E-state index contributed by atoms with van der Waals surface area (Å²) in [6, 6.07) is 21.6. The number of ether oxygens (including phenoxy) is 1. The third-order valence-electron chi connectivity index (χ3n) is 3.95. The molecule has 3 aromatic rings. The molecule has 0 amide bonds. The highest BCUT2D eigenvalue weighted by molar-refractivity contribution is 6.08. The lowest BCUT2D eigenvalue weighted by molar-refractivity contribution is 0.481. The number of fused-ring (bicyclic) bond motifs is 1. The Bertz CT molecular complexity index is 968. The van der Waals surface area contributed by atoms with Gasteiger partial charge in [-0.3, -0.25) is 0 Å². The second-order valence-electron chi connectivity index (χ2n) is 5.47. The molecule has 1 aliphatic rings. The van der Waals surface area contributed by atoms with Crippen LogP contribution >= 0.6 is 0 Å². The van der Waals surface area contributed by atoms with Crippen LogP contribution in [0.2, 0.25) is 0 Å². The third-order valence-corrected chi connectivity index (χ3v) is 3.95. The molecule has 0 saturated carbocycles. The number of pyridine rings is 1. The van der Waals surface area contributed by atoms with Gasteiger partial charge in [-0.05, 0) is 47.3 Å². The second-order valence-corrected chi connectivity index (χ2v) is 5.47. The van der Waals surface area contributed by atoms with E-state index in [0.29, 0.717) is 6.42 Å². The minimum atomic E-state index is 0.708. The maximum Gasteiger partial charge on any atom is 0.332 e. The van der Waals surface area contributed by atoms with Crippen LogP contribution in [0.25, 0.3) is 0 Å². The molecule has 114 valence electrons. The molecule has 2 heterocycles. The number of terminal acetylenes is 1. The summed E-state index contributed by atoms with van der Waals surface area (Å²) < 4.78 is 8.09. The van der Waals surface area contributed by atoms with Crippen LogP contribution < -0.4 is 9.31 Å². The lowest BCUT2D eigenvalue weighted by Crippen LogP contribution is -2.11. The SMILES string of the molecule is C#CC1=[N+](c2ccccc2Oc2ccccc2)c2ncccc2C1. The Balaban J connectivity index is 1.84. The van der Waals surface area contributed by atoms with E-state index in [1.54, 1.807) is 6.20 Å². The molecule has 0 saturated heterocycles. The van der Waals surface area contributed by atoms with Gasteiger partial charge in [-0.1, -0.05) is 30.3 Å². The summed E-state index contributed by atoms with van der Waals surface area (Å²) >= 11 is 0. The zero-order chi connectivity index (χ0) is 16.4. The van der Waals surface area contributed by atoms with Gasteiger partial charge in [0.25, 0.3) is 0 Å². The summed E-state index contributed by atoms with van der Waals surface area (Å²) in [6.45, 7) is 0. The molecule has 3 nitrogen and oxygen atoms in total. The van der Waals surface area contributed by atoms with Crippen LogP contribution in [-0.4, -0.2) is 10.7 Å². The predicted molar refractivity (Wildman–Crippen MR) is 96.2 cm³/mol. The smallest absolute Gasteiger partial charge is 0.332 e. The lowest BCUT2D eigenvalue weighted by atomic mass is 10.2. The summed E-state index contributed by atoms with van der Waals surface area (Å²) in [5.74, 6) is 5.20. The summed E-state index contributed by atoms with van der Waals surface area (Å²) in [4.78, 5) is 4.52. The van der Waals surface area contributed by atoms with Gasteiger partial charge in [-0.25, -0.2) is 0 Å². The molecule has 0 radical (unpaired) electrons. The number of rotatable bonds is 3. The summed E-state index contributed by atoms with van der Waals surface area (Å²) in [6.07, 6.45) is 8.24. The van der Waals surface area contributed by atoms with E-state index in [4.69, 9.17) is 11.2 Å². The van der Waals surface area contributed by atoms with Crippen molar-refractivity contribution in [2.75, 3.05) is 0 Å². The van der Waals surface area contributed by atoms with Crippen LogP contribution in [0.15, 0.2) is 72.9 Å². The Hall–Kier alpha value is -3.38. The first-order valence-corrected chi connectivity index (χ1v) is 7.75. The second kappa shape index (κ2) is 6.02. The molecule has 0 atom stereocenters. The van der Waals surface area contributed by atoms with Gasteiger partial charge in [-0.15, -0.1) is 6.42 Å². The van der Waals surface area contributed by atoms with Gasteiger partial charge in [-0.2, -0.15) is 4.58 Å². The summed E-state index contributed by atoms with van der Waals surface area (Å²) in [5, 5.41) is 0. The van der Waals surface area contributed by atoms with Crippen molar-refractivity contribution >= 4 is 17.2 Å². The van der Waals surface area contributed by atoms with Gasteiger partial charge in [0.2, 0.25) is 0 Å². The predicted octanol–water partition coefficient (Wildman–Crippen LogP) is 4.34. The van der Waals surface area contributed by atoms with Crippen LogP contribution in [0.5, 0.6) is 11.5 Å². The van der Waals surface area contributed by atoms with Crippen LogP contribution in [0.1, 0.15) is 5.56 Å². The maximum atomic E-state index is 6.08. The molecule has 0 fully saturated rings. The number of hydrogen-bond acceptors (Lipinski definition) is 2. The van der Waals surface area contributed by atoms with Crippen molar-refractivity contribution in [2.45, 2.75) is 6.42 Å². The molecule has 0 aliphatic carbocycles. The van der Waals surface area contributed by atoms with E-state index >= 15 is 0 Å². The van der Waals surface area contributed by atoms with Crippen LogP contribution in [0, 0.1) is 12.3 Å². The van der Waals surface area contributed by atoms with E-state index in [1.165, 1.54) is 0 Å². The number of benzene rings is 2. The van der Waals surface area contributed by atoms with Gasteiger partial charge >= 0.3 is 5.82 Å². The van der Waals surface area contributed by atoms with E-state index in [-0.39, 0.29) is 0 Å². The van der Waals surface area contributed by atoms with E-state index in [2.05, 4.69) is 17.0 Å². The zero-order valence-corrected chi connectivity index (χ0v) is 13.0. The van der Waals surface area contributed by atoms with E-state index in [9.17, 15) is 0 Å². The zero-order valence-electron chi connectivity index (χ0n) is 13.0. The first kappa shape index (κ1) is 14.2. The van der Waals surface area contributed by atoms with Crippen molar-refractivity contribution in [2.24, 2.45) is 0 Å². The number of para-hydroxylation sites is 3. The van der Waals surface area contributed by atoms with Crippen molar-refractivity contribution < 1.29 is 4.74 Å². The Morgan fingerprint density at radius 3 is 2.58 bits per heavy atom. The Labute approximate surface area is 140 Å². The van der Waals surface area contributed by atoms with Gasteiger partial charge in [0.15, 0.2) is 17.1 Å². The van der Waals surface area contributed by atoms with Crippen LogP contribution in [0.3, 0.4) is 0 Å². The van der Waals surface area contributed by atoms with Gasteiger partial charge in [0.1, 0.15) is 11.9 Å². The number of hydrogen-bond donors (Lipinski definition) is 0. The molecule has 0 bridgehead atoms. The topological polar surface area (TPSA) is 25.1 Å². The fraction of sp³-hybridized carbons (Fsp3) is 0.0476. The van der Waals surface area contributed by atoms with Crippen molar-refractivity contribution in [1.82, 2.24) is 9.56 Å². The lowest BCUT2D eigenvalue weighted by Gasteiger charge is -2.10. The monoisotopic (exact) mass is 311 g/mol. The molecule has 2 aromatic carbocycles. The van der Waals surface area contributed by atoms with Crippen LogP contribution in [0.4, 0.5) is 11.5 Å². The minimum Gasteiger partial charge on any atom is -0.453 e. The number of nitrogens with zero attached hydrogens (tertiary/aromatic N) is 2. The molecule has 1 aliphatic heterocycles. The van der Waals surface area contributed by atoms with Gasteiger partial charge < -0.3 is 4.74 Å². The van der Waals surface area contributed by atoms with Gasteiger partial charge in [0, 0.05) is 0 Å². The quantitative estimate of drug-likeness (QED) is 0.531. The molecular weight excluding hydrogens is 296 g/mol. The molecule has 1 aromatic heterocycles. The maximum absolute atomic E-state index is 6.08. The molecule has 3 heteroatoms. The highest BCUT2D eigenvalue weighted by Gasteiger charge is 2.31. The normalized spacial score (nSPS) is 12.6. The van der Waals surface area contributed by atoms with Crippen molar-refractivity contribution in [1.29, 1.82) is 0 Å². The van der Waals surface area contributed by atoms with E-state index in [1.807, 2.05) is 65.2 Å². The fourth-order valence-electron chi connectivity index (χ4n) is 2.88. The molecule has 0 N–H and O–H groups in total. The summed E-state index contributed by atoms with van der Waals surface area (Å²) in [5.41, 5.74) is 2.89. The molecule has 0 unspecified atom stereocenters. The van der Waals surface area contributed by atoms with Crippen molar-refractivity contribution in [3.63, 3.8) is 0 Å². The Morgan fingerprint density at radius 1 is 0.958 bits per heavy atom. The third kappa shape index (κ3) is 2.45. The first-order valence-electron chi connectivity index (χ1n) is 7.75. The van der Waals surface area contributed by atoms with Crippen molar-refractivity contribution in [3.05, 3.63) is 78.5 Å². The van der Waals surface area contributed by atoms with Crippen LogP contribution in [-0.2, 0) is 6.42 Å². The molecule has 4 rings (SSSR count). The minimum absolute atomic E-state index is 0.708. The van der Waals surface area contributed by atoms with E-state index in [0.717, 1.165) is 34.3 Å². The summed E-state index contributed by atoms with van der Waals surface area (Å²) in [7, 11) is 0.